The maximum absolute atomic E-state index is 9.83. The Morgan fingerprint density at radius 1 is 1.15 bits per heavy atom. The third-order valence-corrected chi connectivity index (χ3v) is 6.14. The number of nitriles is 1. The van der Waals surface area contributed by atoms with E-state index in [2.05, 4.69) is 28.6 Å². The van der Waals surface area contributed by atoms with Crippen LogP contribution in [0.5, 0.6) is 0 Å². The van der Waals surface area contributed by atoms with Crippen LogP contribution in [0.15, 0.2) is 54.0 Å². The van der Waals surface area contributed by atoms with Crippen LogP contribution < -0.4 is 0 Å². The SMILES string of the molecule is Cc1c(-c2csc3ccccc23)c(Cl)c2c(nc3ccccn32)c1C#N. The molecular weight excluding hydrogens is 362 g/mol. The van der Waals surface area contributed by atoms with Gasteiger partial charge in [-0.15, -0.1) is 11.3 Å². The van der Waals surface area contributed by atoms with E-state index in [0.717, 1.165) is 33.2 Å². The molecule has 5 rings (SSSR count). The highest BCUT2D eigenvalue weighted by Crippen LogP contribution is 2.44. The summed E-state index contributed by atoms with van der Waals surface area (Å²) in [6.07, 6.45) is 1.93. The molecule has 124 valence electrons. The van der Waals surface area contributed by atoms with Crippen molar-refractivity contribution < 1.29 is 0 Å². The Labute approximate surface area is 158 Å². The number of aromatic nitrogens is 2. The van der Waals surface area contributed by atoms with Gasteiger partial charge in [0.05, 0.1) is 16.1 Å². The van der Waals surface area contributed by atoms with E-state index in [0.29, 0.717) is 16.1 Å². The first-order valence-electron chi connectivity index (χ1n) is 8.16. The van der Waals surface area contributed by atoms with Gasteiger partial charge in [-0.3, -0.25) is 4.40 Å². The topological polar surface area (TPSA) is 41.1 Å². The largest absolute Gasteiger partial charge is 0.298 e. The number of imidazole rings is 1. The lowest BCUT2D eigenvalue weighted by atomic mass is 9.95. The number of hydrogen-bond donors (Lipinski definition) is 0. The van der Waals surface area contributed by atoms with E-state index >= 15 is 0 Å². The zero-order valence-electron chi connectivity index (χ0n) is 13.8. The molecule has 0 bridgehead atoms. The molecule has 0 aliphatic heterocycles. The minimum atomic E-state index is 0.582. The summed E-state index contributed by atoms with van der Waals surface area (Å²) >= 11 is 8.61. The lowest BCUT2D eigenvalue weighted by Crippen LogP contribution is -1.94. The standard InChI is InChI=1S/C21H12ClN3S/c1-12-14(10-23)20-21(25-9-5-4-8-17(25)24-20)19(22)18(12)15-11-26-16-7-3-2-6-13(15)16/h2-9,11H,1H3. The smallest absolute Gasteiger partial charge is 0.138 e. The molecule has 0 N–H and O–H groups in total. The van der Waals surface area contributed by atoms with Crippen molar-refractivity contribution in [1.29, 1.82) is 5.26 Å². The summed E-state index contributed by atoms with van der Waals surface area (Å²) in [7, 11) is 0. The van der Waals surface area contributed by atoms with Crippen molar-refractivity contribution in [2.24, 2.45) is 0 Å². The van der Waals surface area contributed by atoms with Crippen LogP contribution in [0.4, 0.5) is 0 Å². The van der Waals surface area contributed by atoms with Gasteiger partial charge in [-0.25, -0.2) is 4.98 Å². The molecule has 2 aromatic carbocycles. The maximum Gasteiger partial charge on any atom is 0.138 e. The minimum absolute atomic E-state index is 0.582. The molecule has 0 aliphatic rings. The van der Waals surface area contributed by atoms with Crippen LogP contribution in [0.2, 0.25) is 5.02 Å². The lowest BCUT2D eigenvalue weighted by molar-refractivity contribution is 1.23. The van der Waals surface area contributed by atoms with E-state index in [1.165, 1.54) is 4.70 Å². The number of hydrogen-bond acceptors (Lipinski definition) is 3. The van der Waals surface area contributed by atoms with Gasteiger partial charge in [0.15, 0.2) is 0 Å². The van der Waals surface area contributed by atoms with Crippen molar-refractivity contribution in [3.05, 3.63) is 70.2 Å². The molecule has 0 aliphatic carbocycles. The van der Waals surface area contributed by atoms with Gasteiger partial charge in [-0.2, -0.15) is 5.26 Å². The first-order valence-corrected chi connectivity index (χ1v) is 9.42. The molecule has 0 atom stereocenters. The zero-order valence-corrected chi connectivity index (χ0v) is 15.4. The van der Waals surface area contributed by atoms with Gasteiger partial charge in [0, 0.05) is 27.4 Å². The van der Waals surface area contributed by atoms with Crippen molar-refractivity contribution in [2.75, 3.05) is 0 Å². The second-order valence-corrected chi connectivity index (χ2v) is 7.47. The second-order valence-electron chi connectivity index (χ2n) is 6.18. The van der Waals surface area contributed by atoms with E-state index in [1.807, 2.05) is 47.9 Å². The fraction of sp³-hybridized carbons (Fsp3) is 0.0476. The van der Waals surface area contributed by atoms with Gasteiger partial charge in [-0.1, -0.05) is 35.9 Å². The average molecular weight is 374 g/mol. The number of thiophene rings is 1. The summed E-state index contributed by atoms with van der Waals surface area (Å²) in [6, 6.07) is 16.4. The molecule has 0 saturated heterocycles. The zero-order chi connectivity index (χ0) is 17.8. The Bertz CT molecular complexity index is 1370. The monoisotopic (exact) mass is 373 g/mol. The minimum Gasteiger partial charge on any atom is -0.298 e. The number of nitrogens with zero attached hydrogens (tertiary/aromatic N) is 3. The van der Waals surface area contributed by atoms with Crippen molar-refractivity contribution in [2.45, 2.75) is 6.92 Å². The summed E-state index contributed by atoms with van der Waals surface area (Å²) in [5, 5.41) is 13.7. The highest BCUT2D eigenvalue weighted by atomic mass is 35.5. The number of pyridine rings is 1. The van der Waals surface area contributed by atoms with Crippen molar-refractivity contribution in [1.82, 2.24) is 9.38 Å². The first-order chi connectivity index (χ1) is 12.7. The molecule has 3 aromatic heterocycles. The molecule has 5 aromatic rings. The quantitative estimate of drug-likeness (QED) is 0.351. The van der Waals surface area contributed by atoms with E-state index in [9.17, 15) is 5.26 Å². The van der Waals surface area contributed by atoms with Gasteiger partial charge in [0.25, 0.3) is 0 Å². The molecule has 0 spiro atoms. The third kappa shape index (κ3) is 1.96. The predicted octanol–water partition coefficient (Wildman–Crippen LogP) is 6.20. The highest BCUT2D eigenvalue weighted by Gasteiger charge is 2.22. The Kier molecular flexibility index (Phi) is 3.30. The van der Waals surface area contributed by atoms with Gasteiger partial charge < -0.3 is 0 Å². The van der Waals surface area contributed by atoms with Gasteiger partial charge in [0.2, 0.25) is 0 Å². The van der Waals surface area contributed by atoms with Crippen LogP contribution in [0.25, 0.3) is 37.9 Å². The highest BCUT2D eigenvalue weighted by molar-refractivity contribution is 7.17. The van der Waals surface area contributed by atoms with Gasteiger partial charge in [0.1, 0.15) is 17.2 Å². The summed E-state index contributed by atoms with van der Waals surface area (Å²) < 4.78 is 3.16. The van der Waals surface area contributed by atoms with Crippen LogP contribution in [0, 0.1) is 18.3 Å². The second kappa shape index (κ2) is 5.57. The summed E-state index contributed by atoms with van der Waals surface area (Å²) in [6.45, 7) is 1.95. The Hall–Kier alpha value is -2.87. The van der Waals surface area contributed by atoms with Gasteiger partial charge >= 0.3 is 0 Å². The van der Waals surface area contributed by atoms with E-state index in [1.54, 1.807) is 11.3 Å². The average Bonchev–Trinajstić information content (AvgIpc) is 3.24. The Morgan fingerprint density at radius 2 is 1.96 bits per heavy atom. The molecule has 0 unspecified atom stereocenters. The third-order valence-electron chi connectivity index (χ3n) is 4.81. The van der Waals surface area contributed by atoms with Crippen molar-refractivity contribution in [3.63, 3.8) is 0 Å². The predicted molar refractivity (Wildman–Crippen MR) is 108 cm³/mol. The normalized spacial score (nSPS) is 11.4. The van der Waals surface area contributed by atoms with Crippen molar-refractivity contribution in [3.8, 4) is 17.2 Å². The van der Waals surface area contributed by atoms with E-state index < -0.39 is 0 Å². The van der Waals surface area contributed by atoms with Crippen molar-refractivity contribution >= 4 is 49.7 Å². The van der Waals surface area contributed by atoms with Gasteiger partial charge in [-0.05, 0) is 36.1 Å². The summed E-state index contributed by atoms with van der Waals surface area (Å²) in [5.41, 5.74) is 5.67. The van der Waals surface area contributed by atoms with E-state index in [-0.39, 0.29) is 0 Å². The molecule has 5 heteroatoms. The number of fused-ring (bicyclic) bond motifs is 4. The summed E-state index contributed by atoms with van der Waals surface area (Å²) in [4.78, 5) is 4.65. The lowest BCUT2D eigenvalue weighted by Gasteiger charge is -2.12. The molecule has 0 fully saturated rings. The molecule has 0 amide bonds. The number of halogens is 1. The van der Waals surface area contributed by atoms with Crippen LogP contribution in [-0.2, 0) is 0 Å². The van der Waals surface area contributed by atoms with Crippen LogP contribution in [-0.4, -0.2) is 9.38 Å². The fourth-order valence-electron chi connectivity index (χ4n) is 3.59. The van der Waals surface area contributed by atoms with Crippen LogP contribution in [0.3, 0.4) is 0 Å². The molecule has 0 saturated carbocycles. The molecule has 26 heavy (non-hydrogen) atoms. The summed E-state index contributed by atoms with van der Waals surface area (Å²) in [5.74, 6) is 0. The fourth-order valence-corrected chi connectivity index (χ4v) is 4.97. The molecule has 3 heterocycles. The molecule has 0 radical (unpaired) electrons. The van der Waals surface area contributed by atoms with E-state index in [4.69, 9.17) is 11.6 Å². The Balaban J connectivity index is 2.01. The Morgan fingerprint density at radius 3 is 2.81 bits per heavy atom. The van der Waals surface area contributed by atoms with Crippen LogP contribution in [0.1, 0.15) is 11.1 Å². The maximum atomic E-state index is 9.83. The molecule has 3 nitrogen and oxygen atoms in total. The van der Waals surface area contributed by atoms with Crippen LogP contribution >= 0.6 is 22.9 Å². The number of rotatable bonds is 1. The number of benzene rings is 2. The first kappa shape index (κ1) is 15.4. The molecular formula is C21H12ClN3S.